The van der Waals surface area contributed by atoms with Crippen molar-refractivity contribution in [2.75, 3.05) is 5.32 Å². The minimum atomic E-state index is -0.608. The van der Waals surface area contributed by atoms with Crippen LogP contribution in [-0.2, 0) is 4.79 Å². The molecule has 104 valence electrons. The first-order valence-electron chi connectivity index (χ1n) is 6.04. The van der Waals surface area contributed by atoms with Crippen LogP contribution in [0.5, 0.6) is 5.75 Å². The summed E-state index contributed by atoms with van der Waals surface area (Å²) in [6.07, 6.45) is -0.608. The maximum Gasteiger partial charge on any atom is 0.265 e. The smallest absolute Gasteiger partial charge is 0.265 e. The molecule has 1 amide bonds. The number of hydrogen-bond acceptors (Lipinski definition) is 2. The van der Waals surface area contributed by atoms with Crippen molar-refractivity contribution in [3.63, 3.8) is 0 Å². The molecule has 0 saturated carbocycles. The number of benzene rings is 2. The second-order valence-electron chi connectivity index (χ2n) is 4.18. The van der Waals surface area contributed by atoms with Crippen LogP contribution in [-0.4, -0.2) is 12.0 Å². The lowest BCUT2D eigenvalue weighted by Crippen LogP contribution is -2.30. The molecule has 3 nitrogen and oxygen atoms in total. The summed E-state index contributed by atoms with van der Waals surface area (Å²) in [5.41, 5.74) is 0.712. The average Bonchev–Trinajstić information content (AvgIpc) is 2.44. The van der Waals surface area contributed by atoms with Gasteiger partial charge in [-0.2, -0.15) is 0 Å². The molecular formula is C15H13BrClNO2. The lowest BCUT2D eigenvalue weighted by Gasteiger charge is -2.15. The van der Waals surface area contributed by atoms with Crippen LogP contribution in [0.4, 0.5) is 5.69 Å². The number of ether oxygens (including phenoxy) is 1. The molecule has 5 heteroatoms. The summed E-state index contributed by atoms with van der Waals surface area (Å²) in [5, 5.41) is 3.43. The van der Waals surface area contributed by atoms with Gasteiger partial charge in [-0.25, -0.2) is 0 Å². The van der Waals surface area contributed by atoms with E-state index in [-0.39, 0.29) is 5.91 Å². The Morgan fingerprint density at radius 2 is 1.85 bits per heavy atom. The number of rotatable bonds is 4. The molecular weight excluding hydrogens is 342 g/mol. The molecule has 0 bridgehead atoms. The molecule has 0 aromatic heterocycles. The van der Waals surface area contributed by atoms with Crippen molar-refractivity contribution in [3.05, 3.63) is 58.0 Å². The summed E-state index contributed by atoms with van der Waals surface area (Å²) in [6, 6.07) is 14.3. The van der Waals surface area contributed by atoms with Crippen LogP contribution in [0.15, 0.2) is 53.0 Å². The van der Waals surface area contributed by atoms with E-state index < -0.39 is 6.10 Å². The van der Waals surface area contributed by atoms with Crippen LogP contribution < -0.4 is 10.1 Å². The highest BCUT2D eigenvalue weighted by Gasteiger charge is 2.15. The largest absolute Gasteiger partial charge is 0.481 e. The summed E-state index contributed by atoms with van der Waals surface area (Å²) in [4.78, 5) is 12.1. The first kappa shape index (κ1) is 14.9. The molecule has 0 saturated heterocycles. The third-order valence-corrected chi connectivity index (χ3v) is 3.57. The van der Waals surface area contributed by atoms with Crippen molar-refractivity contribution in [2.45, 2.75) is 13.0 Å². The van der Waals surface area contributed by atoms with Gasteiger partial charge in [0.25, 0.3) is 5.91 Å². The fraction of sp³-hybridized carbons (Fsp3) is 0.133. The zero-order valence-corrected chi connectivity index (χ0v) is 13.1. The number of carbonyl (C=O) groups excluding carboxylic acids is 1. The lowest BCUT2D eigenvalue weighted by atomic mass is 10.3. The Labute approximate surface area is 131 Å². The highest BCUT2D eigenvalue weighted by atomic mass is 79.9. The highest BCUT2D eigenvalue weighted by Crippen LogP contribution is 2.22. The van der Waals surface area contributed by atoms with E-state index in [9.17, 15) is 4.79 Å². The van der Waals surface area contributed by atoms with Gasteiger partial charge in [0.1, 0.15) is 5.75 Å². The maximum absolute atomic E-state index is 12.1. The Bertz CT molecular complexity index is 601. The number of carbonyl (C=O) groups is 1. The second-order valence-corrected chi connectivity index (χ2v) is 5.47. The topological polar surface area (TPSA) is 38.3 Å². The maximum atomic E-state index is 12.1. The number of hydrogen-bond donors (Lipinski definition) is 1. The summed E-state index contributed by atoms with van der Waals surface area (Å²) in [7, 11) is 0. The normalized spacial score (nSPS) is 11.8. The summed E-state index contributed by atoms with van der Waals surface area (Å²) < 4.78 is 6.38. The van der Waals surface area contributed by atoms with Crippen LogP contribution in [0.2, 0.25) is 5.02 Å². The van der Waals surface area contributed by atoms with E-state index in [0.717, 1.165) is 4.47 Å². The molecule has 2 aromatic carbocycles. The zero-order valence-electron chi connectivity index (χ0n) is 10.8. The fourth-order valence-corrected chi connectivity index (χ4v) is 2.08. The molecule has 0 aliphatic rings. The average molecular weight is 355 g/mol. The van der Waals surface area contributed by atoms with Gasteiger partial charge in [-0.05, 0) is 59.3 Å². The van der Waals surface area contributed by atoms with E-state index in [0.29, 0.717) is 16.5 Å². The molecule has 0 fully saturated rings. The van der Waals surface area contributed by atoms with Gasteiger partial charge in [-0.3, -0.25) is 4.79 Å². The Kier molecular flexibility index (Phi) is 5.04. The van der Waals surface area contributed by atoms with Crippen molar-refractivity contribution in [2.24, 2.45) is 0 Å². The third kappa shape index (κ3) is 3.99. The Morgan fingerprint density at radius 1 is 1.20 bits per heavy atom. The highest BCUT2D eigenvalue weighted by molar-refractivity contribution is 9.10. The fourth-order valence-electron chi connectivity index (χ4n) is 1.57. The molecule has 20 heavy (non-hydrogen) atoms. The predicted octanol–water partition coefficient (Wildman–Crippen LogP) is 4.51. The van der Waals surface area contributed by atoms with Crippen LogP contribution in [0.25, 0.3) is 0 Å². The summed E-state index contributed by atoms with van der Waals surface area (Å²) in [6.45, 7) is 1.70. The molecule has 0 aliphatic heterocycles. The van der Waals surface area contributed by atoms with Crippen LogP contribution in [0, 0.1) is 0 Å². The SMILES string of the molecule is C[C@@H](Oc1ccc(Cl)cc1)C(=O)Nc1ccccc1Br. The van der Waals surface area contributed by atoms with E-state index in [2.05, 4.69) is 21.2 Å². The summed E-state index contributed by atoms with van der Waals surface area (Å²) in [5.74, 6) is 0.385. The second kappa shape index (κ2) is 6.77. The van der Waals surface area contributed by atoms with Gasteiger partial charge in [-0.15, -0.1) is 0 Å². The number of nitrogens with one attached hydrogen (secondary N) is 1. The van der Waals surface area contributed by atoms with Crippen molar-refractivity contribution in [1.82, 2.24) is 0 Å². The van der Waals surface area contributed by atoms with E-state index in [1.807, 2.05) is 24.3 Å². The lowest BCUT2D eigenvalue weighted by molar-refractivity contribution is -0.122. The van der Waals surface area contributed by atoms with Crippen LogP contribution in [0.1, 0.15) is 6.92 Å². The first-order valence-corrected chi connectivity index (χ1v) is 7.21. The van der Waals surface area contributed by atoms with Gasteiger partial charge in [0, 0.05) is 9.50 Å². The van der Waals surface area contributed by atoms with Gasteiger partial charge < -0.3 is 10.1 Å². The molecule has 0 spiro atoms. The molecule has 2 rings (SSSR count). The van der Waals surface area contributed by atoms with Gasteiger partial charge in [-0.1, -0.05) is 23.7 Å². The van der Waals surface area contributed by atoms with Crippen LogP contribution >= 0.6 is 27.5 Å². The van der Waals surface area contributed by atoms with E-state index in [1.165, 1.54) is 0 Å². The van der Waals surface area contributed by atoms with Gasteiger partial charge in [0.15, 0.2) is 6.10 Å². The Balaban J connectivity index is 1.99. The van der Waals surface area contributed by atoms with E-state index in [1.54, 1.807) is 31.2 Å². The predicted molar refractivity (Wildman–Crippen MR) is 84.3 cm³/mol. The van der Waals surface area contributed by atoms with Crippen molar-refractivity contribution in [1.29, 1.82) is 0 Å². The molecule has 1 atom stereocenters. The van der Waals surface area contributed by atoms with E-state index in [4.69, 9.17) is 16.3 Å². The molecule has 1 N–H and O–H groups in total. The quantitative estimate of drug-likeness (QED) is 0.877. The molecule has 0 radical (unpaired) electrons. The molecule has 0 heterocycles. The standard InChI is InChI=1S/C15H13BrClNO2/c1-10(20-12-8-6-11(17)7-9-12)15(19)18-14-5-3-2-4-13(14)16/h2-10H,1H3,(H,18,19)/t10-/m1/s1. The Morgan fingerprint density at radius 3 is 2.50 bits per heavy atom. The Hall–Kier alpha value is -1.52. The number of para-hydroxylation sites is 1. The minimum Gasteiger partial charge on any atom is -0.481 e. The first-order chi connectivity index (χ1) is 9.56. The monoisotopic (exact) mass is 353 g/mol. The van der Waals surface area contributed by atoms with E-state index >= 15 is 0 Å². The molecule has 0 unspecified atom stereocenters. The zero-order chi connectivity index (χ0) is 14.5. The minimum absolute atomic E-state index is 0.216. The third-order valence-electron chi connectivity index (χ3n) is 2.63. The van der Waals surface area contributed by atoms with Crippen molar-refractivity contribution in [3.8, 4) is 5.75 Å². The van der Waals surface area contributed by atoms with Crippen molar-refractivity contribution >= 4 is 39.1 Å². The van der Waals surface area contributed by atoms with Crippen molar-refractivity contribution < 1.29 is 9.53 Å². The van der Waals surface area contributed by atoms with Gasteiger partial charge >= 0.3 is 0 Å². The number of amides is 1. The molecule has 0 aliphatic carbocycles. The summed E-state index contributed by atoms with van der Waals surface area (Å²) >= 11 is 9.17. The molecule has 2 aromatic rings. The number of halogens is 2. The van der Waals surface area contributed by atoms with Gasteiger partial charge in [0.2, 0.25) is 0 Å². The number of anilines is 1. The van der Waals surface area contributed by atoms with Gasteiger partial charge in [0.05, 0.1) is 5.69 Å². The van der Waals surface area contributed by atoms with Crippen LogP contribution in [0.3, 0.4) is 0 Å².